The van der Waals surface area contributed by atoms with E-state index in [0.717, 1.165) is 24.2 Å². The van der Waals surface area contributed by atoms with Gasteiger partial charge in [0, 0.05) is 0 Å². The number of carbonyl (C=O) groups excluding carboxylic acids is 1. The highest BCUT2D eigenvalue weighted by Crippen LogP contribution is 2.35. The Morgan fingerprint density at radius 2 is 1.60 bits per heavy atom. The van der Waals surface area contributed by atoms with E-state index in [-0.39, 0.29) is 23.3 Å². The zero-order chi connectivity index (χ0) is 22.4. The molecule has 164 valence electrons. The third-order valence-corrected chi connectivity index (χ3v) is 4.93. The molecule has 30 heavy (non-hydrogen) atoms. The van der Waals surface area contributed by atoms with Crippen LogP contribution in [0.2, 0.25) is 0 Å². The number of nitrogens with one attached hydrogen (secondary N) is 1. The quantitative estimate of drug-likeness (QED) is 0.506. The molecule has 0 aliphatic heterocycles. The first kappa shape index (κ1) is 23.8. The molecule has 1 N–H and O–H groups in total. The van der Waals surface area contributed by atoms with Gasteiger partial charge in [0.1, 0.15) is 11.5 Å². The molecule has 1 amide bonds. The minimum Gasteiger partial charge on any atom is -0.491 e. The van der Waals surface area contributed by atoms with Crippen LogP contribution in [0.5, 0.6) is 11.5 Å². The van der Waals surface area contributed by atoms with E-state index in [1.165, 1.54) is 5.56 Å². The van der Waals surface area contributed by atoms with Crippen molar-refractivity contribution >= 4 is 11.6 Å². The van der Waals surface area contributed by atoms with Crippen molar-refractivity contribution in [2.75, 3.05) is 18.5 Å². The summed E-state index contributed by atoms with van der Waals surface area (Å²) in [6.07, 6.45) is 2.04. The molecule has 0 bridgehead atoms. The number of benzene rings is 2. The Hall–Kier alpha value is -2.49. The van der Waals surface area contributed by atoms with Gasteiger partial charge in [-0.3, -0.25) is 4.79 Å². The summed E-state index contributed by atoms with van der Waals surface area (Å²) < 4.78 is 11.7. The topological polar surface area (TPSA) is 47.6 Å². The van der Waals surface area contributed by atoms with E-state index in [9.17, 15) is 4.79 Å². The van der Waals surface area contributed by atoms with Crippen LogP contribution in [0.3, 0.4) is 0 Å². The summed E-state index contributed by atoms with van der Waals surface area (Å²) in [5.41, 5.74) is 2.99. The Bertz CT molecular complexity index is 844. The van der Waals surface area contributed by atoms with Crippen LogP contribution in [0, 0.1) is 0 Å². The highest BCUT2D eigenvalue weighted by molar-refractivity contribution is 5.93. The SMILES string of the molecule is CCCCOc1ccccc1NC(=O)COc1ccc(C(C)(C)C)cc1C(C)(C)C. The van der Waals surface area contributed by atoms with Gasteiger partial charge in [0.15, 0.2) is 6.61 Å². The Kier molecular flexibility index (Phi) is 7.94. The number of hydrogen-bond donors (Lipinski definition) is 1. The third kappa shape index (κ3) is 6.79. The summed E-state index contributed by atoms with van der Waals surface area (Å²) in [5, 5.41) is 2.91. The maximum Gasteiger partial charge on any atom is 0.262 e. The molecular formula is C26H37NO3. The van der Waals surface area contributed by atoms with Crippen molar-refractivity contribution in [2.45, 2.75) is 72.1 Å². The normalized spacial score (nSPS) is 11.8. The second-order valence-corrected chi connectivity index (χ2v) is 9.75. The lowest BCUT2D eigenvalue weighted by atomic mass is 9.80. The third-order valence-electron chi connectivity index (χ3n) is 4.93. The van der Waals surface area contributed by atoms with Crippen molar-refractivity contribution in [2.24, 2.45) is 0 Å². The van der Waals surface area contributed by atoms with Crippen LogP contribution in [0.4, 0.5) is 5.69 Å². The number of unbranched alkanes of at least 4 members (excludes halogenated alkanes) is 1. The minimum atomic E-state index is -0.207. The molecule has 0 fully saturated rings. The van der Waals surface area contributed by atoms with Crippen LogP contribution in [0.1, 0.15) is 72.4 Å². The molecule has 0 unspecified atom stereocenters. The second-order valence-electron chi connectivity index (χ2n) is 9.75. The lowest BCUT2D eigenvalue weighted by Crippen LogP contribution is -2.23. The van der Waals surface area contributed by atoms with Crippen molar-refractivity contribution in [1.82, 2.24) is 0 Å². The molecule has 2 rings (SSSR count). The fraction of sp³-hybridized carbons (Fsp3) is 0.500. The molecular weight excluding hydrogens is 374 g/mol. The zero-order valence-corrected chi connectivity index (χ0v) is 19.6. The Labute approximate surface area is 182 Å². The zero-order valence-electron chi connectivity index (χ0n) is 19.6. The summed E-state index contributed by atoms with van der Waals surface area (Å²) in [4.78, 5) is 12.6. The monoisotopic (exact) mass is 411 g/mol. The summed E-state index contributed by atoms with van der Waals surface area (Å²) in [6, 6.07) is 13.8. The second kappa shape index (κ2) is 10.0. The van der Waals surface area contributed by atoms with Crippen molar-refractivity contribution < 1.29 is 14.3 Å². The van der Waals surface area contributed by atoms with E-state index in [4.69, 9.17) is 9.47 Å². The highest BCUT2D eigenvalue weighted by atomic mass is 16.5. The number of anilines is 1. The van der Waals surface area contributed by atoms with Gasteiger partial charge in [-0.25, -0.2) is 0 Å². The van der Waals surface area contributed by atoms with Gasteiger partial charge in [-0.05, 0) is 46.6 Å². The molecule has 0 saturated carbocycles. The average molecular weight is 412 g/mol. The predicted octanol–water partition coefficient (Wildman–Crippen LogP) is 6.48. The molecule has 0 saturated heterocycles. The van der Waals surface area contributed by atoms with E-state index >= 15 is 0 Å². The van der Waals surface area contributed by atoms with Crippen LogP contribution in [0.25, 0.3) is 0 Å². The number of carbonyl (C=O) groups is 1. The van der Waals surface area contributed by atoms with Gasteiger partial charge in [0.25, 0.3) is 5.91 Å². The first-order chi connectivity index (χ1) is 14.0. The summed E-state index contributed by atoms with van der Waals surface area (Å²) >= 11 is 0. The van der Waals surface area contributed by atoms with E-state index in [1.54, 1.807) is 0 Å². The fourth-order valence-electron chi connectivity index (χ4n) is 3.06. The molecule has 0 aliphatic rings. The molecule has 0 heterocycles. The number of amides is 1. The van der Waals surface area contributed by atoms with Gasteiger partial charge in [-0.2, -0.15) is 0 Å². The molecule has 0 aromatic heterocycles. The maximum absolute atomic E-state index is 12.6. The van der Waals surface area contributed by atoms with Crippen LogP contribution in [-0.2, 0) is 15.6 Å². The number of rotatable bonds is 8. The van der Waals surface area contributed by atoms with E-state index in [0.29, 0.717) is 18.0 Å². The van der Waals surface area contributed by atoms with E-state index < -0.39 is 0 Å². The van der Waals surface area contributed by atoms with Gasteiger partial charge >= 0.3 is 0 Å². The Morgan fingerprint density at radius 3 is 2.23 bits per heavy atom. The number of hydrogen-bond acceptors (Lipinski definition) is 3. The van der Waals surface area contributed by atoms with Crippen molar-refractivity contribution in [1.29, 1.82) is 0 Å². The van der Waals surface area contributed by atoms with Gasteiger partial charge in [0.2, 0.25) is 0 Å². The summed E-state index contributed by atoms with van der Waals surface area (Å²) in [6.45, 7) is 15.8. The standard InChI is InChI=1S/C26H37NO3/c1-8-9-16-29-23-13-11-10-12-21(23)27-24(28)18-30-22-15-14-19(25(2,3)4)17-20(22)26(5,6)7/h10-15,17H,8-9,16,18H2,1-7H3,(H,27,28). The van der Waals surface area contributed by atoms with Crippen LogP contribution in [0.15, 0.2) is 42.5 Å². The predicted molar refractivity (Wildman–Crippen MR) is 125 cm³/mol. The van der Waals surface area contributed by atoms with E-state index in [2.05, 4.69) is 65.9 Å². The Morgan fingerprint density at radius 1 is 0.900 bits per heavy atom. The Balaban J connectivity index is 2.10. The molecule has 0 radical (unpaired) electrons. The lowest BCUT2D eigenvalue weighted by Gasteiger charge is -2.27. The fourth-order valence-corrected chi connectivity index (χ4v) is 3.06. The van der Waals surface area contributed by atoms with Gasteiger partial charge < -0.3 is 14.8 Å². The van der Waals surface area contributed by atoms with Crippen molar-refractivity contribution in [3.05, 3.63) is 53.6 Å². The van der Waals surface area contributed by atoms with Crippen molar-refractivity contribution in [3.63, 3.8) is 0 Å². The molecule has 0 spiro atoms. The molecule has 0 atom stereocenters. The summed E-state index contributed by atoms with van der Waals surface area (Å²) in [5.74, 6) is 1.23. The van der Waals surface area contributed by atoms with Crippen LogP contribution < -0.4 is 14.8 Å². The minimum absolute atomic E-state index is 0.0530. The largest absolute Gasteiger partial charge is 0.491 e. The smallest absolute Gasteiger partial charge is 0.262 e. The average Bonchev–Trinajstić information content (AvgIpc) is 2.66. The number of para-hydroxylation sites is 2. The van der Waals surface area contributed by atoms with E-state index in [1.807, 2.05) is 30.3 Å². The lowest BCUT2D eigenvalue weighted by molar-refractivity contribution is -0.118. The first-order valence-corrected chi connectivity index (χ1v) is 10.8. The maximum atomic E-state index is 12.6. The molecule has 2 aromatic carbocycles. The van der Waals surface area contributed by atoms with Crippen molar-refractivity contribution in [3.8, 4) is 11.5 Å². The molecule has 4 heteroatoms. The van der Waals surface area contributed by atoms with Crippen LogP contribution in [-0.4, -0.2) is 19.1 Å². The molecule has 0 aliphatic carbocycles. The molecule has 4 nitrogen and oxygen atoms in total. The van der Waals surface area contributed by atoms with Gasteiger partial charge in [0.05, 0.1) is 12.3 Å². The molecule has 2 aromatic rings. The number of ether oxygens (including phenoxy) is 2. The van der Waals surface area contributed by atoms with Crippen LogP contribution >= 0.6 is 0 Å². The highest BCUT2D eigenvalue weighted by Gasteiger charge is 2.23. The van der Waals surface area contributed by atoms with Gasteiger partial charge in [-0.1, -0.05) is 79.2 Å². The van der Waals surface area contributed by atoms with Gasteiger partial charge in [-0.15, -0.1) is 0 Å². The first-order valence-electron chi connectivity index (χ1n) is 10.8. The summed E-state index contributed by atoms with van der Waals surface area (Å²) in [7, 11) is 0.